The van der Waals surface area contributed by atoms with Crippen molar-refractivity contribution in [2.45, 2.75) is 93.4 Å². The van der Waals surface area contributed by atoms with E-state index in [1.54, 1.807) is 0 Å². The standard InChI is InChI=1S/C27H42O4/c1-8-9-10-14-22-17-24(28)23(16-15-21(4)13-11-12-20(2)3)25(18-22)30-19-31-26(29)27(5,6)7/h12,15,17-18,28H,8-11,13-14,16,19H2,1-7H3. The van der Waals surface area contributed by atoms with Crippen LogP contribution in [0.5, 0.6) is 11.5 Å². The Labute approximate surface area is 189 Å². The predicted octanol–water partition coefficient (Wildman–Crippen LogP) is 7.29. The van der Waals surface area contributed by atoms with E-state index >= 15 is 0 Å². The van der Waals surface area contributed by atoms with Gasteiger partial charge in [0.05, 0.1) is 5.41 Å². The Morgan fingerprint density at radius 3 is 2.42 bits per heavy atom. The molecule has 4 heteroatoms. The van der Waals surface area contributed by atoms with Crippen LogP contribution in [-0.4, -0.2) is 17.9 Å². The molecule has 0 heterocycles. The summed E-state index contributed by atoms with van der Waals surface area (Å²) in [5.74, 6) is 0.508. The van der Waals surface area contributed by atoms with Crippen molar-refractivity contribution in [2.75, 3.05) is 6.79 Å². The maximum absolute atomic E-state index is 12.0. The van der Waals surface area contributed by atoms with Gasteiger partial charge < -0.3 is 14.6 Å². The molecule has 0 unspecified atom stereocenters. The molecule has 0 aliphatic carbocycles. The van der Waals surface area contributed by atoms with E-state index in [1.807, 2.05) is 32.9 Å². The number of hydrogen-bond acceptors (Lipinski definition) is 4. The van der Waals surface area contributed by atoms with Crippen LogP contribution in [0, 0.1) is 5.41 Å². The molecule has 174 valence electrons. The molecule has 31 heavy (non-hydrogen) atoms. The fourth-order valence-electron chi connectivity index (χ4n) is 3.07. The van der Waals surface area contributed by atoms with Crippen LogP contribution in [-0.2, 0) is 22.4 Å². The van der Waals surface area contributed by atoms with E-state index < -0.39 is 5.41 Å². The lowest BCUT2D eigenvalue weighted by Gasteiger charge is -2.18. The molecule has 0 saturated carbocycles. The second kappa shape index (κ2) is 13.2. The molecule has 0 bridgehead atoms. The lowest BCUT2D eigenvalue weighted by molar-refractivity contribution is -0.159. The van der Waals surface area contributed by atoms with E-state index in [9.17, 15) is 9.90 Å². The zero-order valence-electron chi connectivity index (χ0n) is 20.6. The number of ether oxygens (including phenoxy) is 2. The van der Waals surface area contributed by atoms with Gasteiger partial charge in [-0.05, 0) is 91.3 Å². The van der Waals surface area contributed by atoms with Crippen molar-refractivity contribution in [3.63, 3.8) is 0 Å². The van der Waals surface area contributed by atoms with Crippen molar-refractivity contribution in [1.29, 1.82) is 0 Å². The second-order valence-electron chi connectivity index (χ2n) is 9.57. The molecular weight excluding hydrogens is 388 g/mol. The van der Waals surface area contributed by atoms with Gasteiger partial charge in [0.15, 0.2) is 0 Å². The fourth-order valence-corrected chi connectivity index (χ4v) is 3.07. The first-order valence-corrected chi connectivity index (χ1v) is 11.5. The molecule has 0 amide bonds. The third kappa shape index (κ3) is 10.6. The highest BCUT2D eigenvalue weighted by Crippen LogP contribution is 2.32. The molecule has 0 fully saturated rings. The molecule has 1 rings (SSSR count). The molecule has 0 spiro atoms. The van der Waals surface area contributed by atoms with Gasteiger partial charge in [-0.1, -0.05) is 43.1 Å². The fraction of sp³-hybridized carbons (Fsp3) is 0.593. The minimum Gasteiger partial charge on any atom is -0.508 e. The van der Waals surface area contributed by atoms with Gasteiger partial charge in [-0.3, -0.25) is 4.79 Å². The Morgan fingerprint density at radius 1 is 1.10 bits per heavy atom. The van der Waals surface area contributed by atoms with Crippen molar-refractivity contribution < 1.29 is 19.4 Å². The minimum atomic E-state index is -0.582. The number of aryl methyl sites for hydroxylation is 1. The first-order chi connectivity index (χ1) is 14.5. The van der Waals surface area contributed by atoms with Crippen molar-refractivity contribution in [3.8, 4) is 11.5 Å². The quantitative estimate of drug-likeness (QED) is 0.164. The van der Waals surface area contributed by atoms with Gasteiger partial charge in [-0.2, -0.15) is 0 Å². The van der Waals surface area contributed by atoms with E-state index in [0.29, 0.717) is 12.2 Å². The minimum absolute atomic E-state index is 0.162. The molecule has 0 saturated heterocycles. The second-order valence-corrected chi connectivity index (χ2v) is 9.57. The zero-order valence-corrected chi connectivity index (χ0v) is 20.6. The Bertz CT molecular complexity index is 762. The van der Waals surface area contributed by atoms with Crippen molar-refractivity contribution >= 4 is 5.97 Å². The summed E-state index contributed by atoms with van der Waals surface area (Å²) in [4.78, 5) is 12.0. The van der Waals surface area contributed by atoms with Gasteiger partial charge in [0.2, 0.25) is 6.79 Å². The normalized spacial score (nSPS) is 11.9. The molecule has 1 N–H and O–H groups in total. The van der Waals surface area contributed by atoms with Crippen molar-refractivity contribution in [1.82, 2.24) is 0 Å². The number of phenolic OH excluding ortho intramolecular Hbond substituents is 1. The third-order valence-corrected chi connectivity index (χ3v) is 5.08. The number of benzene rings is 1. The van der Waals surface area contributed by atoms with Crippen LogP contribution < -0.4 is 4.74 Å². The van der Waals surface area contributed by atoms with Crippen LogP contribution in [0.15, 0.2) is 35.4 Å². The van der Waals surface area contributed by atoms with Gasteiger partial charge in [-0.15, -0.1) is 0 Å². The number of esters is 1. The van der Waals surface area contributed by atoms with Crippen LogP contribution in [0.3, 0.4) is 0 Å². The maximum atomic E-state index is 12.0. The van der Waals surface area contributed by atoms with Crippen LogP contribution in [0.4, 0.5) is 0 Å². The smallest absolute Gasteiger partial charge is 0.314 e. The molecule has 0 atom stereocenters. The van der Waals surface area contributed by atoms with Crippen LogP contribution in [0.1, 0.15) is 91.7 Å². The first kappa shape index (κ1) is 26.8. The Hall–Kier alpha value is -2.23. The molecule has 0 aliphatic rings. The van der Waals surface area contributed by atoms with E-state index in [0.717, 1.165) is 49.7 Å². The SMILES string of the molecule is CCCCCc1cc(O)c(CC=C(C)CCC=C(C)C)c(OCOC(=O)C(C)(C)C)c1. The van der Waals surface area contributed by atoms with Gasteiger partial charge >= 0.3 is 5.97 Å². The topological polar surface area (TPSA) is 55.8 Å². The Balaban J connectivity index is 2.97. The maximum Gasteiger partial charge on any atom is 0.314 e. The average molecular weight is 431 g/mol. The first-order valence-electron chi connectivity index (χ1n) is 11.5. The number of allylic oxidation sites excluding steroid dienone is 4. The highest BCUT2D eigenvalue weighted by atomic mass is 16.7. The largest absolute Gasteiger partial charge is 0.508 e. The average Bonchev–Trinajstić information content (AvgIpc) is 2.66. The molecule has 0 aromatic heterocycles. The van der Waals surface area contributed by atoms with Crippen molar-refractivity contribution in [2.24, 2.45) is 5.41 Å². The summed E-state index contributed by atoms with van der Waals surface area (Å²) >= 11 is 0. The monoisotopic (exact) mass is 430 g/mol. The van der Waals surface area contributed by atoms with Gasteiger partial charge in [0.25, 0.3) is 0 Å². The summed E-state index contributed by atoms with van der Waals surface area (Å²) in [6.07, 6.45) is 11.2. The van der Waals surface area contributed by atoms with Gasteiger partial charge in [0.1, 0.15) is 11.5 Å². The third-order valence-electron chi connectivity index (χ3n) is 5.08. The van der Waals surface area contributed by atoms with Crippen LogP contribution in [0.25, 0.3) is 0 Å². The van der Waals surface area contributed by atoms with Gasteiger partial charge in [-0.25, -0.2) is 0 Å². The summed E-state index contributed by atoms with van der Waals surface area (Å²) in [6, 6.07) is 3.81. The molecule has 0 radical (unpaired) electrons. The molecule has 1 aromatic carbocycles. The zero-order chi connectivity index (χ0) is 23.4. The summed E-state index contributed by atoms with van der Waals surface area (Å²) in [5, 5.41) is 10.7. The molecule has 1 aromatic rings. The molecule has 4 nitrogen and oxygen atoms in total. The molecular formula is C27H42O4. The number of unbranched alkanes of at least 4 members (excludes halogenated alkanes) is 2. The Kier molecular flexibility index (Phi) is 11.4. The van der Waals surface area contributed by atoms with E-state index in [2.05, 4.69) is 39.8 Å². The van der Waals surface area contributed by atoms with E-state index in [-0.39, 0.29) is 18.5 Å². The number of hydrogen-bond donors (Lipinski definition) is 1. The van der Waals surface area contributed by atoms with E-state index in [4.69, 9.17) is 9.47 Å². The summed E-state index contributed by atoms with van der Waals surface area (Å²) < 4.78 is 11.1. The molecule has 0 aliphatic heterocycles. The predicted molar refractivity (Wildman–Crippen MR) is 129 cm³/mol. The van der Waals surface area contributed by atoms with Crippen LogP contribution in [0.2, 0.25) is 0 Å². The number of carbonyl (C=O) groups is 1. The lowest BCUT2D eigenvalue weighted by Crippen LogP contribution is -2.24. The number of rotatable bonds is 12. The summed E-state index contributed by atoms with van der Waals surface area (Å²) in [7, 11) is 0. The number of phenols is 1. The highest BCUT2D eigenvalue weighted by Gasteiger charge is 2.23. The lowest BCUT2D eigenvalue weighted by atomic mass is 9.98. The van der Waals surface area contributed by atoms with Crippen molar-refractivity contribution in [3.05, 3.63) is 46.6 Å². The number of carbonyl (C=O) groups excluding carboxylic acids is 1. The summed E-state index contributed by atoms with van der Waals surface area (Å²) in [5.41, 5.74) is 3.78. The number of aromatic hydroxyl groups is 1. The van der Waals surface area contributed by atoms with E-state index in [1.165, 1.54) is 11.1 Å². The highest BCUT2D eigenvalue weighted by molar-refractivity contribution is 5.75. The van der Waals surface area contributed by atoms with Gasteiger partial charge in [0, 0.05) is 5.56 Å². The van der Waals surface area contributed by atoms with Crippen LogP contribution >= 0.6 is 0 Å². The summed E-state index contributed by atoms with van der Waals surface area (Å²) in [6.45, 7) is 13.8. The Morgan fingerprint density at radius 2 is 1.81 bits per heavy atom.